The fourth-order valence-corrected chi connectivity index (χ4v) is 5.59. The van der Waals surface area contributed by atoms with Gasteiger partial charge in [-0.3, -0.25) is 24.7 Å². The van der Waals surface area contributed by atoms with Crippen molar-refractivity contribution < 1.29 is 28.7 Å². The number of esters is 2. The Morgan fingerprint density at radius 1 is 1.09 bits per heavy atom. The van der Waals surface area contributed by atoms with Crippen molar-refractivity contribution in [2.45, 2.75) is 85.0 Å². The molecule has 0 unspecified atom stereocenters. The number of fused-ring (bicyclic) bond motifs is 1. The van der Waals surface area contributed by atoms with E-state index >= 15 is 0 Å². The summed E-state index contributed by atoms with van der Waals surface area (Å²) in [5.41, 5.74) is 2.42. The number of carbonyl (C=O) groups excluding carboxylic acids is 4. The normalized spacial score (nSPS) is 16.4. The molecule has 1 aromatic carbocycles. The van der Waals surface area contributed by atoms with E-state index in [4.69, 9.17) is 9.47 Å². The summed E-state index contributed by atoms with van der Waals surface area (Å²) in [7, 11) is 0. The van der Waals surface area contributed by atoms with Crippen molar-refractivity contribution in [1.29, 1.82) is 0 Å². The van der Waals surface area contributed by atoms with Gasteiger partial charge in [0, 0.05) is 24.3 Å². The zero-order valence-corrected chi connectivity index (χ0v) is 27.3. The second-order valence-electron chi connectivity index (χ2n) is 12.7. The predicted octanol–water partition coefficient (Wildman–Crippen LogP) is 4.33. The molecule has 1 aliphatic rings. The second kappa shape index (κ2) is 14.2. The maximum atomic E-state index is 13.9. The summed E-state index contributed by atoms with van der Waals surface area (Å²) in [4.78, 5) is 58.0. The summed E-state index contributed by atoms with van der Waals surface area (Å²) < 4.78 is 12.5. The molecule has 4 rings (SSSR count). The lowest BCUT2D eigenvalue weighted by molar-refractivity contribution is -0.153. The third-order valence-corrected chi connectivity index (χ3v) is 7.77. The minimum atomic E-state index is -0.741. The number of hydrogen-bond acceptors (Lipinski definition) is 8. The van der Waals surface area contributed by atoms with E-state index < -0.39 is 23.7 Å². The van der Waals surface area contributed by atoms with Crippen LogP contribution in [-0.2, 0) is 23.9 Å². The molecule has 3 heterocycles. The van der Waals surface area contributed by atoms with Gasteiger partial charge in [-0.2, -0.15) is 0 Å². The maximum absolute atomic E-state index is 13.9. The van der Waals surface area contributed by atoms with Crippen molar-refractivity contribution in [3.05, 3.63) is 60.0 Å². The van der Waals surface area contributed by atoms with Gasteiger partial charge < -0.3 is 24.3 Å². The van der Waals surface area contributed by atoms with Crippen LogP contribution in [-0.4, -0.2) is 75.6 Å². The van der Waals surface area contributed by atoms with Gasteiger partial charge in [0.05, 0.1) is 48.2 Å². The Balaban J connectivity index is 1.50. The first-order valence-corrected chi connectivity index (χ1v) is 15.6. The average molecular weight is 620 g/mol. The van der Waals surface area contributed by atoms with Crippen molar-refractivity contribution in [3.8, 4) is 5.69 Å². The van der Waals surface area contributed by atoms with Crippen LogP contribution in [0.2, 0.25) is 0 Å². The number of pyridine rings is 1. The van der Waals surface area contributed by atoms with Crippen molar-refractivity contribution >= 4 is 34.7 Å². The smallest absolute Gasteiger partial charge is 0.338 e. The highest BCUT2D eigenvalue weighted by atomic mass is 16.6. The summed E-state index contributed by atoms with van der Waals surface area (Å²) >= 11 is 0. The third kappa shape index (κ3) is 8.08. The molecule has 0 aliphatic carbocycles. The molecule has 242 valence electrons. The highest BCUT2D eigenvalue weighted by Gasteiger charge is 2.37. The van der Waals surface area contributed by atoms with Gasteiger partial charge in [-0.05, 0) is 83.2 Å². The van der Waals surface area contributed by atoms with E-state index in [0.717, 1.165) is 35.0 Å². The Labute approximate surface area is 264 Å². The third-order valence-electron chi connectivity index (χ3n) is 7.77. The van der Waals surface area contributed by atoms with Gasteiger partial charge >= 0.3 is 11.9 Å². The predicted molar refractivity (Wildman–Crippen MR) is 171 cm³/mol. The summed E-state index contributed by atoms with van der Waals surface area (Å²) in [6.07, 6.45) is 7.02. The van der Waals surface area contributed by atoms with Crippen molar-refractivity contribution in [2.24, 2.45) is 5.92 Å². The van der Waals surface area contributed by atoms with Gasteiger partial charge in [0.25, 0.3) is 0 Å². The van der Waals surface area contributed by atoms with Crippen LogP contribution in [0.1, 0.15) is 83.3 Å². The van der Waals surface area contributed by atoms with Crippen molar-refractivity contribution in [1.82, 2.24) is 25.1 Å². The molecule has 11 heteroatoms. The Morgan fingerprint density at radius 2 is 1.84 bits per heavy atom. The molecule has 0 saturated carbocycles. The lowest BCUT2D eigenvalue weighted by Gasteiger charge is -2.32. The number of nitrogens with one attached hydrogen (secondary N) is 2. The second-order valence-corrected chi connectivity index (χ2v) is 12.7. The molecule has 1 fully saturated rings. The Bertz CT molecular complexity index is 1540. The first-order valence-electron chi connectivity index (χ1n) is 15.6. The standard InChI is InChI=1S/C34H45N5O6/c1-8-44-33(43)26-11-9-12-28-25(26)14-16-38(28)24-17-23(18-35-19-24)27-13-10-15-39(27)32(42)30(21(2)3)37-31(41)22(4)36-20-29(40)45-34(5,6)7/h9,11-12,14,16-19,21-22,27,30,36H,8,10,13,15,20H2,1-7H3,(H,37,41)/t22-,27-,30-/m0/s1. The first-order chi connectivity index (χ1) is 21.3. The van der Waals surface area contributed by atoms with Gasteiger partial charge in [-0.1, -0.05) is 19.9 Å². The monoisotopic (exact) mass is 619 g/mol. The average Bonchev–Trinajstić information content (AvgIpc) is 3.65. The zero-order chi connectivity index (χ0) is 32.9. The van der Waals surface area contributed by atoms with E-state index in [1.165, 1.54) is 0 Å². The number of nitrogens with zero attached hydrogens (tertiary/aromatic N) is 3. The van der Waals surface area contributed by atoms with Gasteiger partial charge in [-0.15, -0.1) is 0 Å². The first kappa shape index (κ1) is 33.6. The molecular formula is C34H45N5O6. The molecule has 3 atom stereocenters. The summed E-state index contributed by atoms with van der Waals surface area (Å²) in [6, 6.07) is 7.77. The van der Waals surface area contributed by atoms with Crippen LogP contribution in [0.25, 0.3) is 16.6 Å². The number of rotatable bonds is 11. The Hall–Kier alpha value is -4.25. The molecule has 2 N–H and O–H groups in total. The molecule has 0 bridgehead atoms. The fourth-order valence-electron chi connectivity index (χ4n) is 5.59. The van der Waals surface area contributed by atoms with E-state index in [0.29, 0.717) is 18.7 Å². The van der Waals surface area contributed by atoms with Crippen LogP contribution >= 0.6 is 0 Å². The SMILES string of the molecule is CCOC(=O)c1cccc2c1ccn2-c1cncc([C@@H]2CCCN2C(=O)[C@@H](NC(=O)[C@H](C)NCC(=O)OC(C)(C)C)C(C)C)c1. The molecule has 0 radical (unpaired) electrons. The van der Waals surface area contributed by atoms with Gasteiger partial charge in [-0.25, -0.2) is 4.79 Å². The Morgan fingerprint density at radius 3 is 2.53 bits per heavy atom. The van der Waals surface area contributed by atoms with Crippen LogP contribution in [0.3, 0.4) is 0 Å². The van der Waals surface area contributed by atoms with E-state index in [9.17, 15) is 19.2 Å². The van der Waals surface area contributed by atoms with Crippen molar-refractivity contribution in [3.63, 3.8) is 0 Å². The molecule has 11 nitrogen and oxygen atoms in total. The number of carbonyl (C=O) groups is 4. The molecule has 2 amide bonds. The zero-order valence-electron chi connectivity index (χ0n) is 27.3. The number of hydrogen-bond donors (Lipinski definition) is 2. The molecule has 0 spiro atoms. The number of likely N-dealkylation sites (tertiary alicyclic amines) is 1. The van der Waals surface area contributed by atoms with E-state index in [-0.39, 0.29) is 36.3 Å². The molecule has 1 saturated heterocycles. The van der Waals surface area contributed by atoms with Gasteiger partial charge in [0.2, 0.25) is 11.8 Å². The summed E-state index contributed by atoms with van der Waals surface area (Å²) in [5, 5.41) is 6.59. The lowest BCUT2D eigenvalue weighted by atomic mass is 10.00. The quantitative estimate of drug-likeness (QED) is 0.303. The van der Waals surface area contributed by atoms with E-state index in [2.05, 4.69) is 15.6 Å². The summed E-state index contributed by atoms with van der Waals surface area (Å²) in [6.45, 7) is 13.3. The van der Waals surface area contributed by atoms with Crippen LogP contribution in [0.5, 0.6) is 0 Å². The topological polar surface area (TPSA) is 132 Å². The van der Waals surface area contributed by atoms with Crippen LogP contribution in [0.15, 0.2) is 48.9 Å². The highest BCUT2D eigenvalue weighted by Crippen LogP contribution is 2.34. The lowest BCUT2D eigenvalue weighted by Crippen LogP contribution is -2.55. The van der Waals surface area contributed by atoms with Crippen LogP contribution < -0.4 is 10.6 Å². The minimum absolute atomic E-state index is 0.121. The number of benzene rings is 1. The fraction of sp³-hybridized carbons (Fsp3) is 0.500. The van der Waals surface area contributed by atoms with Crippen LogP contribution in [0.4, 0.5) is 0 Å². The van der Waals surface area contributed by atoms with Crippen LogP contribution in [0, 0.1) is 5.92 Å². The Kier molecular flexibility index (Phi) is 10.6. The molecular weight excluding hydrogens is 574 g/mol. The van der Waals surface area contributed by atoms with E-state index in [1.54, 1.807) is 53.1 Å². The number of aromatic nitrogens is 2. The minimum Gasteiger partial charge on any atom is -0.462 e. The molecule has 3 aromatic rings. The number of amides is 2. The molecule has 2 aromatic heterocycles. The highest BCUT2D eigenvalue weighted by molar-refractivity contribution is 6.04. The van der Waals surface area contributed by atoms with E-state index in [1.807, 2.05) is 53.8 Å². The number of ether oxygens (including phenoxy) is 2. The largest absolute Gasteiger partial charge is 0.462 e. The molecule has 1 aliphatic heterocycles. The molecule has 45 heavy (non-hydrogen) atoms. The van der Waals surface area contributed by atoms with Gasteiger partial charge in [0.15, 0.2) is 0 Å². The maximum Gasteiger partial charge on any atom is 0.338 e. The van der Waals surface area contributed by atoms with Gasteiger partial charge in [0.1, 0.15) is 11.6 Å². The summed E-state index contributed by atoms with van der Waals surface area (Å²) in [5.74, 6) is -1.51. The van der Waals surface area contributed by atoms with Crippen molar-refractivity contribution in [2.75, 3.05) is 19.7 Å².